The first kappa shape index (κ1) is 10.6. The lowest BCUT2D eigenvalue weighted by Gasteiger charge is -2.03. The van der Waals surface area contributed by atoms with Gasteiger partial charge in [-0.05, 0) is 30.7 Å². The SMILES string of the molecule is Cc1cc2nc(Cl)c(C=O)cc2cc1Br. The summed E-state index contributed by atoms with van der Waals surface area (Å²) in [5.74, 6) is 0. The zero-order valence-corrected chi connectivity index (χ0v) is 10.3. The molecule has 15 heavy (non-hydrogen) atoms. The minimum atomic E-state index is 0.249. The van der Waals surface area contributed by atoms with E-state index in [0.29, 0.717) is 11.8 Å². The van der Waals surface area contributed by atoms with Crippen LogP contribution in [0.3, 0.4) is 0 Å². The highest BCUT2D eigenvalue weighted by Crippen LogP contribution is 2.25. The summed E-state index contributed by atoms with van der Waals surface area (Å²) in [6.07, 6.45) is 0.711. The number of rotatable bonds is 1. The van der Waals surface area contributed by atoms with E-state index >= 15 is 0 Å². The van der Waals surface area contributed by atoms with Crippen LogP contribution in [0.4, 0.5) is 0 Å². The van der Waals surface area contributed by atoms with Crippen molar-refractivity contribution in [2.75, 3.05) is 0 Å². The van der Waals surface area contributed by atoms with Crippen LogP contribution in [-0.2, 0) is 0 Å². The summed E-state index contributed by atoms with van der Waals surface area (Å²) in [6, 6.07) is 5.60. The number of aromatic nitrogens is 1. The molecule has 0 N–H and O–H groups in total. The van der Waals surface area contributed by atoms with E-state index in [0.717, 1.165) is 20.9 Å². The van der Waals surface area contributed by atoms with E-state index < -0.39 is 0 Å². The molecular weight excluding hydrogens is 277 g/mol. The molecule has 0 amide bonds. The van der Waals surface area contributed by atoms with Crippen LogP contribution in [0.2, 0.25) is 5.15 Å². The average molecular weight is 285 g/mol. The molecular formula is C11H7BrClNO. The third-order valence-corrected chi connectivity index (χ3v) is 3.36. The van der Waals surface area contributed by atoms with Crippen LogP contribution in [0.15, 0.2) is 22.7 Å². The van der Waals surface area contributed by atoms with Crippen LogP contribution in [-0.4, -0.2) is 11.3 Å². The molecule has 0 aliphatic carbocycles. The van der Waals surface area contributed by atoms with Gasteiger partial charge in [0.1, 0.15) is 5.15 Å². The minimum absolute atomic E-state index is 0.249. The van der Waals surface area contributed by atoms with Gasteiger partial charge in [-0.25, -0.2) is 4.98 Å². The Labute approximate surface area is 100 Å². The van der Waals surface area contributed by atoms with Crippen LogP contribution < -0.4 is 0 Å². The summed E-state index contributed by atoms with van der Waals surface area (Å²) in [4.78, 5) is 14.8. The third kappa shape index (κ3) is 1.90. The van der Waals surface area contributed by atoms with E-state index in [1.54, 1.807) is 6.07 Å². The Morgan fingerprint density at radius 3 is 2.80 bits per heavy atom. The molecule has 0 saturated heterocycles. The lowest BCUT2D eigenvalue weighted by molar-refractivity contribution is 0.112. The van der Waals surface area contributed by atoms with E-state index in [9.17, 15) is 4.79 Å². The molecule has 0 aliphatic rings. The molecule has 1 heterocycles. The number of aryl methyl sites for hydroxylation is 1. The van der Waals surface area contributed by atoms with Gasteiger partial charge in [-0.2, -0.15) is 0 Å². The third-order valence-electron chi connectivity index (χ3n) is 2.20. The molecule has 1 aromatic heterocycles. The maximum atomic E-state index is 10.7. The second kappa shape index (κ2) is 3.91. The predicted molar refractivity (Wildman–Crippen MR) is 64.6 cm³/mol. The number of carbonyl (C=O) groups is 1. The smallest absolute Gasteiger partial charge is 0.153 e. The highest BCUT2D eigenvalue weighted by atomic mass is 79.9. The number of fused-ring (bicyclic) bond motifs is 1. The number of hydrogen-bond acceptors (Lipinski definition) is 2. The van der Waals surface area contributed by atoms with Crippen molar-refractivity contribution in [3.8, 4) is 0 Å². The maximum Gasteiger partial charge on any atom is 0.153 e. The van der Waals surface area contributed by atoms with Crippen molar-refractivity contribution in [3.05, 3.63) is 39.0 Å². The van der Waals surface area contributed by atoms with Crippen LogP contribution in [0.5, 0.6) is 0 Å². The molecule has 0 radical (unpaired) electrons. The summed E-state index contributed by atoms with van der Waals surface area (Å²) in [6.45, 7) is 1.98. The number of aldehydes is 1. The molecule has 0 spiro atoms. The van der Waals surface area contributed by atoms with Crippen molar-refractivity contribution in [2.45, 2.75) is 6.92 Å². The summed E-state index contributed by atoms with van der Waals surface area (Å²) < 4.78 is 0.996. The molecule has 4 heteroatoms. The second-order valence-corrected chi connectivity index (χ2v) is 4.49. The van der Waals surface area contributed by atoms with Gasteiger partial charge < -0.3 is 0 Å². The zero-order chi connectivity index (χ0) is 11.0. The van der Waals surface area contributed by atoms with Gasteiger partial charge in [0.05, 0.1) is 11.1 Å². The highest BCUT2D eigenvalue weighted by Gasteiger charge is 2.05. The van der Waals surface area contributed by atoms with Crippen molar-refractivity contribution >= 4 is 44.7 Å². The van der Waals surface area contributed by atoms with Crippen LogP contribution in [0.25, 0.3) is 10.9 Å². The van der Waals surface area contributed by atoms with Crippen LogP contribution in [0.1, 0.15) is 15.9 Å². The molecule has 2 aromatic rings. The van der Waals surface area contributed by atoms with Gasteiger partial charge >= 0.3 is 0 Å². The van der Waals surface area contributed by atoms with Gasteiger partial charge in [0.25, 0.3) is 0 Å². The molecule has 0 saturated carbocycles. The highest BCUT2D eigenvalue weighted by molar-refractivity contribution is 9.10. The van der Waals surface area contributed by atoms with Crippen LogP contribution >= 0.6 is 27.5 Å². The Kier molecular flexibility index (Phi) is 2.76. The van der Waals surface area contributed by atoms with E-state index in [1.807, 2.05) is 19.1 Å². The Balaban J connectivity index is 2.82. The van der Waals surface area contributed by atoms with Gasteiger partial charge in [0, 0.05) is 9.86 Å². The topological polar surface area (TPSA) is 30.0 Å². The zero-order valence-electron chi connectivity index (χ0n) is 7.92. The fourth-order valence-electron chi connectivity index (χ4n) is 1.37. The van der Waals surface area contributed by atoms with Gasteiger partial charge in [0.2, 0.25) is 0 Å². The minimum Gasteiger partial charge on any atom is -0.298 e. The van der Waals surface area contributed by atoms with Crippen molar-refractivity contribution in [3.63, 3.8) is 0 Å². The van der Waals surface area contributed by atoms with Crippen molar-refractivity contribution in [1.82, 2.24) is 4.98 Å². The largest absolute Gasteiger partial charge is 0.298 e. The van der Waals surface area contributed by atoms with Crippen molar-refractivity contribution in [2.24, 2.45) is 0 Å². The molecule has 0 aliphatic heterocycles. The molecule has 0 atom stereocenters. The van der Waals surface area contributed by atoms with Crippen molar-refractivity contribution in [1.29, 1.82) is 0 Å². The Morgan fingerprint density at radius 2 is 2.13 bits per heavy atom. The quantitative estimate of drug-likeness (QED) is 0.589. The molecule has 76 valence electrons. The van der Waals surface area contributed by atoms with Crippen LogP contribution in [0, 0.1) is 6.92 Å². The van der Waals surface area contributed by atoms with Crippen molar-refractivity contribution < 1.29 is 4.79 Å². The van der Waals surface area contributed by atoms with Gasteiger partial charge in [-0.15, -0.1) is 0 Å². The molecule has 0 fully saturated rings. The number of pyridine rings is 1. The Morgan fingerprint density at radius 1 is 1.40 bits per heavy atom. The van der Waals surface area contributed by atoms with Gasteiger partial charge in [-0.3, -0.25) is 4.79 Å². The fourth-order valence-corrected chi connectivity index (χ4v) is 1.93. The van der Waals surface area contributed by atoms with Gasteiger partial charge in [0.15, 0.2) is 6.29 Å². The number of nitrogens with zero attached hydrogens (tertiary/aromatic N) is 1. The fraction of sp³-hybridized carbons (Fsp3) is 0.0909. The number of hydrogen-bond donors (Lipinski definition) is 0. The summed E-state index contributed by atoms with van der Waals surface area (Å²) in [5.41, 5.74) is 2.30. The molecule has 1 aromatic carbocycles. The molecule has 2 rings (SSSR count). The normalized spacial score (nSPS) is 10.6. The first-order valence-corrected chi connectivity index (χ1v) is 5.50. The maximum absolute atomic E-state index is 10.7. The number of carbonyl (C=O) groups excluding carboxylic acids is 1. The van der Waals surface area contributed by atoms with E-state index in [2.05, 4.69) is 20.9 Å². The monoisotopic (exact) mass is 283 g/mol. The summed E-state index contributed by atoms with van der Waals surface area (Å²) in [5, 5.41) is 1.15. The lowest BCUT2D eigenvalue weighted by atomic mass is 10.1. The summed E-state index contributed by atoms with van der Waals surface area (Å²) in [7, 11) is 0. The van der Waals surface area contributed by atoms with Gasteiger partial charge in [-0.1, -0.05) is 27.5 Å². The summed E-state index contributed by atoms with van der Waals surface area (Å²) >= 11 is 9.27. The first-order valence-electron chi connectivity index (χ1n) is 4.33. The molecule has 0 bridgehead atoms. The Bertz CT molecular complexity index is 554. The lowest BCUT2D eigenvalue weighted by Crippen LogP contribution is -1.89. The second-order valence-electron chi connectivity index (χ2n) is 3.28. The first-order chi connectivity index (χ1) is 7.11. The molecule has 0 unspecified atom stereocenters. The standard InChI is InChI=1S/C11H7BrClNO/c1-6-2-10-7(4-9(6)12)3-8(5-15)11(13)14-10/h2-5H,1H3. The van der Waals surface area contributed by atoms with E-state index in [1.165, 1.54) is 0 Å². The Hall–Kier alpha value is -0.930. The molecule has 2 nitrogen and oxygen atoms in total. The van der Waals surface area contributed by atoms with E-state index in [4.69, 9.17) is 11.6 Å². The number of halogens is 2. The average Bonchev–Trinajstić information content (AvgIpc) is 2.20. The predicted octanol–water partition coefficient (Wildman–Crippen LogP) is 3.77. The number of benzene rings is 1. The van der Waals surface area contributed by atoms with E-state index in [-0.39, 0.29) is 5.15 Å².